The van der Waals surface area contributed by atoms with E-state index < -0.39 is 0 Å². The minimum atomic E-state index is 0.000388. The topological polar surface area (TPSA) is 71.1 Å². The van der Waals surface area contributed by atoms with Gasteiger partial charge in [-0.05, 0) is 43.7 Å². The predicted octanol–water partition coefficient (Wildman–Crippen LogP) is 3.35. The van der Waals surface area contributed by atoms with Gasteiger partial charge in [-0.2, -0.15) is 10.5 Å². The van der Waals surface area contributed by atoms with Gasteiger partial charge in [-0.3, -0.25) is 4.79 Å². The molecule has 1 saturated heterocycles. The van der Waals surface area contributed by atoms with Crippen molar-refractivity contribution in [2.24, 2.45) is 0 Å². The van der Waals surface area contributed by atoms with Crippen molar-refractivity contribution in [1.82, 2.24) is 0 Å². The Kier molecular flexibility index (Phi) is 5.20. The minimum Gasteiger partial charge on any atom is -0.369 e. The maximum atomic E-state index is 12.0. The van der Waals surface area contributed by atoms with E-state index >= 15 is 0 Å². The van der Waals surface area contributed by atoms with Crippen LogP contribution in [0.3, 0.4) is 0 Å². The van der Waals surface area contributed by atoms with E-state index in [1.54, 1.807) is 25.1 Å². The fourth-order valence-electron chi connectivity index (χ4n) is 3.40. The Morgan fingerprint density at radius 1 is 0.923 bits per heavy atom. The molecule has 0 aliphatic carbocycles. The zero-order valence-corrected chi connectivity index (χ0v) is 14.8. The summed E-state index contributed by atoms with van der Waals surface area (Å²) in [5.74, 6) is 0.000388. The van der Waals surface area contributed by atoms with E-state index in [4.69, 9.17) is 0 Å². The van der Waals surface area contributed by atoms with E-state index in [2.05, 4.69) is 21.9 Å². The Bertz CT molecular complexity index is 907. The highest BCUT2D eigenvalue weighted by molar-refractivity contribution is 6.00. The lowest BCUT2D eigenvalue weighted by Gasteiger charge is -2.26. The predicted molar refractivity (Wildman–Crippen MR) is 101 cm³/mol. The summed E-state index contributed by atoms with van der Waals surface area (Å²) in [5.41, 5.74) is 3.66. The van der Waals surface area contributed by atoms with E-state index in [-0.39, 0.29) is 5.78 Å². The number of hydrogen-bond donors (Lipinski definition) is 0. The van der Waals surface area contributed by atoms with Crippen molar-refractivity contribution in [2.45, 2.75) is 13.3 Å². The molecule has 2 aromatic carbocycles. The summed E-state index contributed by atoms with van der Waals surface area (Å²) in [7, 11) is 0. The van der Waals surface area contributed by atoms with Gasteiger partial charge < -0.3 is 9.80 Å². The Hall–Kier alpha value is -3.31. The van der Waals surface area contributed by atoms with Crippen LogP contribution < -0.4 is 9.80 Å². The molecule has 0 saturated carbocycles. The highest BCUT2D eigenvalue weighted by Gasteiger charge is 2.20. The average molecular weight is 344 g/mol. The number of rotatable bonds is 3. The Morgan fingerprint density at radius 2 is 1.62 bits per heavy atom. The van der Waals surface area contributed by atoms with Crippen LogP contribution in [0.25, 0.3) is 0 Å². The van der Waals surface area contributed by atoms with Gasteiger partial charge in [0, 0.05) is 37.4 Å². The van der Waals surface area contributed by atoms with Crippen LogP contribution in [0.2, 0.25) is 0 Å². The molecule has 0 radical (unpaired) electrons. The van der Waals surface area contributed by atoms with Crippen molar-refractivity contribution in [3.63, 3.8) is 0 Å². The fourth-order valence-corrected chi connectivity index (χ4v) is 3.40. The molecule has 3 rings (SSSR count). The number of nitriles is 2. The third kappa shape index (κ3) is 3.53. The van der Waals surface area contributed by atoms with Gasteiger partial charge in [-0.25, -0.2) is 0 Å². The molecule has 1 fully saturated rings. The maximum Gasteiger partial charge on any atom is 0.161 e. The minimum absolute atomic E-state index is 0.000388. The summed E-state index contributed by atoms with van der Waals surface area (Å²) in [4.78, 5) is 16.4. The lowest BCUT2D eigenvalue weighted by Crippen LogP contribution is -2.31. The van der Waals surface area contributed by atoms with Gasteiger partial charge in [0.2, 0.25) is 0 Å². The summed E-state index contributed by atoms with van der Waals surface area (Å²) in [6.07, 6.45) is 0.911. The molecule has 2 aromatic rings. The molecule has 0 amide bonds. The van der Waals surface area contributed by atoms with Gasteiger partial charge in [0.25, 0.3) is 0 Å². The number of carbonyl (C=O) groups excluding carboxylic acids is 1. The number of para-hydroxylation sites is 1. The molecular formula is C21H20N4O. The number of Topliss-reactive ketones (excluding diaryl/α,β-unsaturated/α-hetero) is 1. The smallest absolute Gasteiger partial charge is 0.161 e. The quantitative estimate of drug-likeness (QED) is 0.799. The first-order valence-corrected chi connectivity index (χ1v) is 8.68. The van der Waals surface area contributed by atoms with Gasteiger partial charge in [0.1, 0.15) is 6.07 Å². The van der Waals surface area contributed by atoms with Crippen molar-refractivity contribution < 1.29 is 4.79 Å². The van der Waals surface area contributed by atoms with Gasteiger partial charge >= 0.3 is 0 Å². The second kappa shape index (κ2) is 7.72. The molecule has 26 heavy (non-hydrogen) atoms. The van der Waals surface area contributed by atoms with E-state index in [9.17, 15) is 15.3 Å². The number of anilines is 2. The van der Waals surface area contributed by atoms with Crippen LogP contribution in [-0.2, 0) is 0 Å². The Labute approximate surface area is 153 Å². The van der Waals surface area contributed by atoms with Gasteiger partial charge in [-0.1, -0.05) is 12.1 Å². The van der Waals surface area contributed by atoms with Crippen LogP contribution in [0, 0.1) is 22.7 Å². The second-order valence-corrected chi connectivity index (χ2v) is 6.36. The molecule has 0 N–H and O–H groups in total. The maximum absolute atomic E-state index is 12.0. The largest absolute Gasteiger partial charge is 0.369 e. The zero-order chi connectivity index (χ0) is 18.5. The lowest BCUT2D eigenvalue weighted by atomic mass is 10.1. The van der Waals surface area contributed by atoms with E-state index in [1.807, 2.05) is 24.3 Å². The molecule has 130 valence electrons. The summed E-state index contributed by atoms with van der Waals surface area (Å²) >= 11 is 0. The van der Waals surface area contributed by atoms with Gasteiger partial charge in [-0.15, -0.1) is 0 Å². The summed E-state index contributed by atoms with van der Waals surface area (Å²) in [5, 5.41) is 18.6. The van der Waals surface area contributed by atoms with E-state index in [0.717, 1.165) is 44.0 Å². The second-order valence-electron chi connectivity index (χ2n) is 6.36. The number of ketones is 1. The highest BCUT2D eigenvalue weighted by atomic mass is 16.1. The molecule has 1 aliphatic heterocycles. The fraction of sp³-hybridized carbons (Fsp3) is 0.286. The van der Waals surface area contributed by atoms with Crippen LogP contribution >= 0.6 is 0 Å². The van der Waals surface area contributed by atoms with Crippen LogP contribution in [0.1, 0.15) is 34.8 Å². The van der Waals surface area contributed by atoms with Crippen molar-refractivity contribution >= 4 is 17.2 Å². The van der Waals surface area contributed by atoms with Crippen LogP contribution in [0.15, 0.2) is 42.5 Å². The van der Waals surface area contributed by atoms with Gasteiger partial charge in [0.15, 0.2) is 5.78 Å². The summed E-state index contributed by atoms with van der Waals surface area (Å²) in [6, 6.07) is 17.3. The zero-order valence-electron chi connectivity index (χ0n) is 14.8. The number of benzene rings is 2. The molecule has 0 spiro atoms. The van der Waals surface area contributed by atoms with Crippen LogP contribution in [0.4, 0.5) is 11.4 Å². The molecule has 0 bridgehead atoms. The molecule has 0 aromatic heterocycles. The first-order chi connectivity index (χ1) is 12.6. The number of nitrogens with zero attached hydrogens (tertiary/aromatic N) is 4. The Balaban J connectivity index is 1.87. The lowest BCUT2D eigenvalue weighted by molar-refractivity contribution is 0.101. The van der Waals surface area contributed by atoms with Gasteiger partial charge in [0.05, 0.1) is 22.9 Å². The van der Waals surface area contributed by atoms with Crippen molar-refractivity contribution in [3.05, 3.63) is 59.2 Å². The molecule has 1 aliphatic rings. The highest BCUT2D eigenvalue weighted by Crippen LogP contribution is 2.26. The number of carbonyl (C=O) groups is 1. The first kappa shape index (κ1) is 17.5. The van der Waals surface area contributed by atoms with Crippen LogP contribution in [0.5, 0.6) is 0 Å². The summed E-state index contributed by atoms with van der Waals surface area (Å²) < 4.78 is 0. The number of hydrogen-bond acceptors (Lipinski definition) is 5. The van der Waals surface area contributed by atoms with Crippen LogP contribution in [-0.4, -0.2) is 32.0 Å². The standard InChI is InChI=1S/C21H20N4O/c1-16(26)19-8-7-17(14-22)13-21(19)25-10-4-9-24(11-12-25)20-6-3-2-5-18(20)15-23/h2-3,5-8,13H,4,9-12H2,1H3. The third-order valence-corrected chi connectivity index (χ3v) is 4.71. The van der Waals surface area contributed by atoms with Crippen molar-refractivity contribution in [3.8, 4) is 12.1 Å². The molecule has 0 atom stereocenters. The normalized spacial score (nSPS) is 14.3. The summed E-state index contributed by atoms with van der Waals surface area (Å²) in [6.45, 7) is 4.70. The monoisotopic (exact) mass is 344 g/mol. The molecular weight excluding hydrogens is 324 g/mol. The molecule has 0 unspecified atom stereocenters. The SMILES string of the molecule is CC(=O)c1ccc(C#N)cc1N1CCCN(c2ccccc2C#N)CC1. The average Bonchev–Trinajstić information content (AvgIpc) is 2.93. The Morgan fingerprint density at radius 3 is 2.27 bits per heavy atom. The third-order valence-electron chi connectivity index (χ3n) is 4.71. The first-order valence-electron chi connectivity index (χ1n) is 8.68. The molecule has 5 heteroatoms. The molecule has 1 heterocycles. The van der Waals surface area contributed by atoms with Crippen molar-refractivity contribution in [2.75, 3.05) is 36.0 Å². The van der Waals surface area contributed by atoms with E-state index in [0.29, 0.717) is 16.7 Å². The van der Waals surface area contributed by atoms with E-state index in [1.165, 1.54) is 0 Å². The van der Waals surface area contributed by atoms with Crippen molar-refractivity contribution in [1.29, 1.82) is 10.5 Å². The molecule has 5 nitrogen and oxygen atoms in total.